The van der Waals surface area contributed by atoms with Crippen LogP contribution in [0.2, 0.25) is 0 Å². The first kappa shape index (κ1) is 19.1. The molecular formula is C21H17FN6O2. The van der Waals surface area contributed by atoms with Gasteiger partial charge in [0, 0.05) is 35.4 Å². The number of carbonyl (C=O) groups is 1. The summed E-state index contributed by atoms with van der Waals surface area (Å²) in [6, 6.07) is 14.7. The van der Waals surface area contributed by atoms with Gasteiger partial charge in [-0.25, -0.2) is 19.0 Å². The number of benzene rings is 2. The molecule has 0 bridgehead atoms. The van der Waals surface area contributed by atoms with Crippen LogP contribution in [0, 0.1) is 5.82 Å². The van der Waals surface area contributed by atoms with Crippen LogP contribution in [0.25, 0.3) is 5.82 Å². The summed E-state index contributed by atoms with van der Waals surface area (Å²) in [6.07, 6.45) is 4.91. The second-order valence-corrected chi connectivity index (χ2v) is 6.22. The SMILES string of the molecule is COc1ccc(C(=O)Nc2ccc(Nc3cc(-n4cccn4)ncn3)cc2)cc1F. The zero-order valence-corrected chi connectivity index (χ0v) is 15.9. The monoisotopic (exact) mass is 404 g/mol. The Morgan fingerprint density at radius 3 is 2.57 bits per heavy atom. The number of nitrogens with zero attached hydrogens (tertiary/aromatic N) is 4. The van der Waals surface area contributed by atoms with Crippen molar-refractivity contribution in [3.63, 3.8) is 0 Å². The summed E-state index contributed by atoms with van der Waals surface area (Å²) >= 11 is 0. The molecule has 4 aromatic rings. The van der Waals surface area contributed by atoms with Crippen molar-refractivity contribution >= 4 is 23.1 Å². The minimum Gasteiger partial charge on any atom is -0.494 e. The number of aromatic nitrogens is 4. The van der Waals surface area contributed by atoms with Crippen molar-refractivity contribution < 1.29 is 13.9 Å². The Balaban J connectivity index is 1.42. The van der Waals surface area contributed by atoms with E-state index >= 15 is 0 Å². The van der Waals surface area contributed by atoms with E-state index in [9.17, 15) is 9.18 Å². The van der Waals surface area contributed by atoms with Gasteiger partial charge in [-0.05, 0) is 48.5 Å². The molecule has 0 atom stereocenters. The topological polar surface area (TPSA) is 94.0 Å². The summed E-state index contributed by atoms with van der Waals surface area (Å²) in [4.78, 5) is 20.7. The maximum absolute atomic E-state index is 13.8. The number of methoxy groups -OCH3 is 1. The number of halogens is 1. The molecule has 1 amide bonds. The van der Waals surface area contributed by atoms with Gasteiger partial charge in [0.2, 0.25) is 0 Å². The van der Waals surface area contributed by atoms with Gasteiger partial charge in [-0.15, -0.1) is 0 Å². The number of amides is 1. The van der Waals surface area contributed by atoms with Gasteiger partial charge in [0.1, 0.15) is 12.1 Å². The first-order valence-corrected chi connectivity index (χ1v) is 8.96. The molecule has 2 aromatic heterocycles. The zero-order chi connectivity index (χ0) is 20.9. The third kappa shape index (κ3) is 4.25. The van der Waals surface area contributed by atoms with Crippen molar-refractivity contribution in [2.45, 2.75) is 0 Å². The van der Waals surface area contributed by atoms with Crippen LogP contribution >= 0.6 is 0 Å². The van der Waals surface area contributed by atoms with E-state index in [1.807, 2.05) is 6.07 Å². The van der Waals surface area contributed by atoms with Crippen LogP contribution in [0.1, 0.15) is 10.4 Å². The Morgan fingerprint density at radius 1 is 1.07 bits per heavy atom. The second kappa shape index (κ2) is 8.39. The molecule has 0 saturated carbocycles. The Kier molecular flexibility index (Phi) is 5.33. The maximum atomic E-state index is 13.8. The molecule has 9 heteroatoms. The van der Waals surface area contributed by atoms with Gasteiger partial charge in [-0.3, -0.25) is 4.79 Å². The molecule has 4 rings (SSSR count). The van der Waals surface area contributed by atoms with Crippen molar-refractivity contribution in [3.8, 4) is 11.6 Å². The summed E-state index contributed by atoms with van der Waals surface area (Å²) in [6.45, 7) is 0. The predicted octanol–water partition coefficient (Wildman–Crippen LogP) is 3.81. The highest BCUT2D eigenvalue weighted by atomic mass is 19.1. The smallest absolute Gasteiger partial charge is 0.255 e. The molecular weight excluding hydrogens is 387 g/mol. The van der Waals surface area contributed by atoms with E-state index < -0.39 is 11.7 Å². The molecule has 0 aliphatic heterocycles. The van der Waals surface area contributed by atoms with Gasteiger partial charge in [-0.1, -0.05) is 0 Å². The van der Waals surface area contributed by atoms with Crippen LogP contribution < -0.4 is 15.4 Å². The van der Waals surface area contributed by atoms with Crippen molar-refractivity contribution in [1.29, 1.82) is 0 Å². The van der Waals surface area contributed by atoms with Crippen LogP contribution in [0.4, 0.5) is 21.6 Å². The molecule has 0 radical (unpaired) electrons. The third-order valence-electron chi connectivity index (χ3n) is 4.22. The standard InChI is InChI=1S/C21H17FN6O2/c1-30-18-8-3-14(11-17(18)22)21(29)27-16-6-4-15(5-7-16)26-19-12-20(24-13-23-19)28-10-2-9-25-28/h2-13H,1H3,(H,27,29)(H,23,24,26). The molecule has 0 saturated heterocycles. The van der Waals surface area contributed by atoms with Crippen LogP contribution in [-0.4, -0.2) is 32.8 Å². The first-order chi connectivity index (χ1) is 14.6. The van der Waals surface area contributed by atoms with Crippen LogP contribution in [0.5, 0.6) is 5.75 Å². The van der Waals surface area contributed by atoms with Crippen LogP contribution in [0.3, 0.4) is 0 Å². The zero-order valence-electron chi connectivity index (χ0n) is 15.9. The minimum atomic E-state index is -0.593. The maximum Gasteiger partial charge on any atom is 0.255 e. The van der Waals surface area contributed by atoms with Gasteiger partial charge in [-0.2, -0.15) is 5.10 Å². The van der Waals surface area contributed by atoms with Gasteiger partial charge >= 0.3 is 0 Å². The third-order valence-corrected chi connectivity index (χ3v) is 4.22. The van der Waals surface area contributed by atoms with Gasteiger partial charge in [0.25, 0.3) is 5.91 Å². The van der Waals surface area contributed by atoms with Crippen LogP contribution in [0.15, 0.2) is 73.3 Å². The normalized spacial score (nSPS) is 10.5. The number of anilines is 3. The van der Waals surface area contributed by atoms with Crippen molar-refractivity contribution in [1.82, 2.24) is 19.7 Å². The summed E-state index contributed by atoms with van der Waals surface area (Å²) in [5, 5.41) is 10.0. The Morgan fingerprint density at radius 2 is 1.87 bits per heavy atom. The molecule has 0 aliphatic rings. The van der Waals surface area contributed by atoms with Gasteiger partial charge in [0.05, 0.1) is 7.11 Å². The second-order valence-electron chi connectivity index (χ2n) is 6.22. The predicted molar refractivity (Wildman–Crippen MR) is 110 cm³/mol. The highest BCUT2D eigenvalue weighted by molar-refractivity contribution is 6.04. The molecule has 0 fully saturated rings. The highest BCUT2D eigenvalue weighted by Gasteiger charge is 2.10. The minimum absolute atomic E-state index is 0.0856. The molecule has 2 heterocycles. The Labute approximate surface area is 171 Å². The number of carbonyl (C=O) groups excluding carboxylic acids is 1. The molecule has 0 spiro atoms. The van der Waals surface area contributed by atoms with E-state index in [4.69, 9.17) is 4.74 Å². The average molecular weight is 404 g/mol. The van der Waals surface area contributed by atoms with Crippen molar-refractivity contribution in [2.24, 2.45) is 0 Å². The molecule has 8 nitrogen and oxygen atoms in total. The molecule has 0 unspecified atom stereocenters. The lowest BCUT2D eigenvalue weighted by Crippen LogP contribution is -2.12. The largest absolute Gasteiger partial charge is 0.494 e. The number of nitrogens with one attached hydrogen (secondary N) is 2. The lowest BCUT2D eigenvalue weighted by molar-refractivity contribution is 0.102. The molecule has 0 aliphatic carbocycles. The lowest BCUT2D eigenvalue weighted by atomic mass is 10.2. The van der Waals surface area contributed by atoms with E-state index in [0.29, 0.717) is 17.3 Å². The van der Waals surface area contributed by atoms with Gasteiger partial charge < -0.3 is 15.4 Å². The van der Waals surface area contributed by atoms with Gasteiger partial charge in [0.15, 0.2) is 17.4 Å². The fourth-order valence-corrected chi connectivity index (χ4v) is 2.74. The molecule has 2 N–H and O–H groups in total. The van der Waals surface area contributed by atoms with Crippen LogP contribution in [-0.2, 0) is 0 Å². The number of ether oxygens (including phenoxy) is 1. The van der Waals surface area contributed by atoms with E-state index in [-0.39, 0.29) is 11.3 Å². The number of hydrogen-bond acceptors (Lipinski definition) is 6. The van der Waals surface area contributed by atoms with E-state index in [1.165, 1.54) is 25.6 Å². The Hall–Kier alpha value is -4.27. The number of rotatable bonds is 6. The van der Waals surface area contributed by atoms with E-state index in [0.717, 1.165) is 11.8 Å². The first-order valence-electron chi connectivity index (χ1n) is 8.96. The van der Waals surface area contributed by atoms with Crippen molar-refractivity contribution in [2.75, 3.05) is 17.7 Å². The fraction of sp³-hybridized carbons (Fsp3) is 0.0476. The lowest BCUT2D eigenvalue weighted by Gasteiger charge is -2.09. The number of hydrogen-bond donors (Lipinski definition) is 2. The molecule has 150 valence electrons. The quantitative estimate of drug-likeness (QED) is 0.508. The van der Waals surface area contributed by atoms with E-state index in [1.54, 1.807) is 47.4 Å². The summed E-state index contributed by atoms with van der Waals surface area (Å²) in [5.41, 5.74) is 1.54. The summed E-state index contributed by atoms with van der Waals surface area (Å²) in [5.74, 6) is 0.303. The van der Waals surface area contributed by atoms with Crippen molar-refractivity contribution in [3.05, 3.63) is 84.7 Å². The summed E-state index contributed by atoms with van der Waals surface area (Å²) < 4.78 is 20.3. The fourth-order valence-electron chi connectivity index (χ4n) is 2.74. The summed E-state index contributed by atoms with van der Waals surface area (Å²) in [7, 11) is 1.37. The molecule has 30 heavy (non-hydrogen) atoms. The highest BCUT2D eigenvalue weighted by Crippen LogP contribution is 2.21. The average Bonchev–Trinajstić information content (AvgIpc) is 3.30. The Bertz CT molecular complexity index is 1160. The molecule has 2 aromatic carbocycles. The van der Waals surface area contributed by atoms with E-state index in [2.05, 4.69) is 25.7 Å².